The van der Waals surface area contributed by atoms with E-state index in [0.29, 0.717) is 12.1 Å². The summed E-state index contributed by atoms with van der Waals surface area (Å²) in [6.45, 7) is 2.57. The highest BCUT2D eigenvalue weighted by molar-refractivity contribution is 8.18. The van der Waals surface area contributed by atoms with Crippen LogP contribution in [-0.4, -0.2) is 65.2 Å². The van der Waals surface area contributed by atoms with Gasteiger partial charge in [-0.3, -0.25) is 14.6 Å². The third-order valence-corrected chi connectivity index (χ3v) is 7.67. The number of thioether (sulfide) groups is 1. The number of benzene rings is 2. The Hall–Kier alpha value is -3.94. The van der Waals surface area contributed by atoms with Gasteiger partial charge in [-0.05, 0) is 79.7 Å². The average molecular weight is 618 g/mol. The Balaban J connectivity index is 1.43. The number of nitrogens with zero attached hydrogens (tertiary/aromatic N) is 3. The Morgan fingerprint density at radius 2 is 1.98 bits per heavy atom. The van der Waals surface area contributed by atoms with Gasteiger partial charge in [-0.15, -0.1) is 0 Å². The molecule has 2 amide bonds. The Kier molecular flexibility index (Phi) is 8.80. The van der Waals surface area contributed by atoms with E-state index in [1.165, 1.54) is 6.07 Å². The maximum atomic E-state index is 13.2. The zero-order valence-corrected chi connectivity index (χ0v) is 23.4. The van der Waals surface area contributed by atoms with Crippen molar-refractivity contribution in [2.24, 2.45) is 4.99 Å². The van der Waals surface area contributed by atoms with Gasteiger partial charge in [0.2, 0.25) is 0 Å². The molecule has 5 rings (SSSR count). The monoisotopic (exact) mass is 617 g/mol. The van der Waals surface area contributed by atoms with E-state index in [9.17, 15) is 27.6 Å². The van der Waals surface area contributed by atoms with Gasteiger partial charge in [0.05, 0.1) is 21.0 Å². The summed E-state index contributed by atoms with van der Waals surface area (Å²) in [6, 6.07) is 11.5. The number of carbonyl (C=O) groups excluding carboxylic acids is 3. The number of amidine groups is 1. The third-order valence-electron chi connectivity index (χ3n) is 6.45. The third kappa shape index (κ3) is 6.92. The Bertz CT molecular complexity index is 1620. The van der Waals surface area contributed by atoms with Crippen molar-refractivity contribution in [3.8, 4) is 5.75 Å². The van der Waals surface area contributed by atoms with E-state index in [0.717, 1.165) is 54.7 Å². The lowest BCUT2D eigenvalue weighted by Gasteiger charge is -2.17. The van der Waals surface area contributed by atoms with Crippen LogP contribution in [0.25, 0.3) is 17.0 Å². The van der Waals surface area contributed by atoms with E-state index < -0.39 is 35.4 Å². The second-order valence-electron chi connectivity index (χ2n) is 9.40. The summed E-state index contributed by atoms with van der Waals surface area (Å²) >= 11 is 7.18. The first-order chi connectivity index (χ1) is 20.1. The lowest BCUT2D eigenvalue weighted by molar-refractivity contribution is -0.189. The molecule has 218 valence electrons. The number of ether oxygens (including phenoxy) is 1. The molecule has 2 N–H and O–H groups in total. The van der Waals surface area contributed by atoms with Crippen LogP contribution in [0.4, 0.5) is 18.9 Å². The molecule has 0 aliphatic carbocycles. The number of nitrogens with one attached hydrogen (secondary N) is 2. The fraction of sp³-hybridized carbons (Fsp3) is 0.250. The number of alkyl halides is 3. The first-order valence-electron chi connectivity index (χ1n) is 12.8. The number of rotatable bonds is 7. The molecule has 0 unspecified atom stereocenters. The van der Waals surface area contributed by atoms with Gasteiger partial charge >= 0.3 is 12.1 Å². The molecule has 42 heavy (non-hydrogen) atoms. The predicted molar refractivity (Wildman–Crippen MR) is 154 cm³/mol. The Morgan fingerprint density at radius 1 is 1.19 bits per heavy atom. The number of likely N-dealkylation sites (tertiary alicyclic amines) is 1. The topological polar surface area (TPSA) is 113 Å². The van der Waals surface area contributed by atoms with Crippen LogP contribution < -0.4 is 15.4 Å². The number of aromatic nitrogens is 1. The van der Waals surface area contributed by atoms with E-state index in [1.54, 1.807) is 30.5 Å². The SMILES string of the molecule is O=C1NC(=Nc2c(Cl)ccc(C(=O)NCCN3CCCC3)c2OC(=O)C(F)(F)F)S/C1=C\c1ccc2ncccc2c1. The largest absolute Gasteiger partial charge is 0.491 e. The van der Waals surface area contributed by atoms with Crippen molar-refractivity contribution >= 4 is 69.0 Å². The molecule has 2 aliphatic heterocycles. The van der Waals surface area contributed by atoms with Crippen LogP contribution in [0, 0.1) is 0 Å². The highest BCUT2D eigenvalue weighted by Crippen LogP contribution is 2.41. The molecule has 14 heteroatoms. The highest BCUT2D eigenvalue weighted by atomic mass is 35.5. The van der Waals surface area contributed by atoms with E-state index in [-0.39, 0.29) is 27.2 Å². The minimum atomic E-state index is -5.35. The number of aliphatic imine (C=N–C) groups is 1. The Morgan fingerprint density at radius 3 is 2.74 bits per heavy atom. The van der Waals surface area contributed by atoms with Crippen molar-refractivity contribution < 1.29 is 32.3 Å². The summed E-state index contributed by atoms with van der Waals surface area (Å²) in [5, 5.41) is 5.80. The lowest BCUT2D eigenvalue weighted by Crippen LogP contribution is -2.34. The molecular formula is C28H23ClF3N5O4S. The molecule has 3 heterocycles. The summed E-state index contributed by atoms with van der Waals surface area (Å²) in [7, 11) is 0. The molecule has 0 bridgehead atoms. The van der Waals surface area contributed by atoms with Gasteiger partial charge in [0, 0.05) is 24.7 Å². The van der Waals surface area contributed by atoms with Gasteiger partial charge in [0.25, 0.3) is 11.8 Å². The summed E-state index contributed by atoms with van der Waals surface area (Å²) in [4.78, 5) is 48.4. The molecule has 3 aromatic rings. The number of halogens is 4. The van der Waals surface area contributed by atoms with Crippen LogP contribution in [0.5, 0.6) is 5.75 Å². The smallest absolute Gasteiger partial charge is 0.417 e. The zero-order chi connectivity index (χ0) is 29.9. The molecule has 2 aromatic carbocycles. The number of esters is 1. The van der Waals surface area contributed by atoms with Crippen LogP contribution in [0.3, 0.4) is 0 Å². The first-order valence-corrected chi connectivity index (χ1v) is 14.0. The number of hydrogen-bond acceptors (Lipinski definition) is 8. The lowest BCUT2D eigenvalue weighted by atomic mass is 10.1. The van der Waals surface area contributed by atoms with Crippen LogP contribution in [0.15, 0.2) is 58.6 Å². The van der Waals surface area contributed by atoms with Crippen molar-refractivity contribution in [2.75, 3.05) is 26.2 Å². The van der Waals surface area contributed by atoms with Gasteiger partial charge in [-0.2, -0.15) is 13.2 Å². The van der Waals surface area contributed by atoms with Gasteiger partial charge in [0.1, 0.15) is 5.69 Å². The summed E-state index contributed by atoms with van der Waals surface area (Å²) in [5.74, 6) is -4.60. The fourth-order valence-corrected chi connectivity index (χ4v) is 5.45. The molecular weight excluding hydrogens is 595 g/mol. The summed E-state index contributed by atoms with van der Waals surface area (Å²) in [5.41, 5.74) is 0.704. The van der Waals surface area contributed by atoms with Crippen LogP contribution >= 0.6 is 23.4 Å². The van der Waals surface area contributed by atoms with E-state index in [2.05, 4.69) is 30.2 Å². The minimum absolute atomic E-state index is 0.0356. The van der Waals surface area contributed by atoms with E-state index in [1.807, 2.05) is 12.1 Å². The molecule has 0 radical (unpaired) electrons. The average Bonchev–Trinajstić information content (AvgIpc) is 3.59. The standard InChI is InChI=1S/C28H23ClF3N5O4S/c29-19-7-6-18(24(38)34-10-13-37-11-1-2-12-37)23(41-26(40)28(30,31)32)22(19)35-27-36-25(39)21(42-27)15-16-5-8-20-17(14-16)4-3-9-33-20/h3-9,14-15H,1-2,10-13H2,(H,34,38)(H,35,36,39)/b21-15-. The quantitative estimate of drug-likeness (QED) is 0.216. The number of amides is 2. The highest BCUT2D eigenvalue weighted by Gasteiger charge is 2.42. The van der Waals surface area contributed by atoms with Gasteiger partial charge < -0.3 is 20.3 Å². The van der Waals surface area contributed by atoms with E-state index in [4.69, 9.17) is 11.6 Å². The molecule has 0 saturated carbocycles. The van der Waals surface area contributed by atoms with Crippen molar-refractivity contribution in [3.05, 3.63) is 69.7 Å². The zero-order valence-electron chi connectivity index (χ0n) is 21.8. The van der Waals surface area contributed by atoms with Crippen LogP contribution in [0.1, 0.15) is 28.8 Å². The minimum Gasteiger partial charge on any atom is -0.417 e. The Labute approximate surface area is 247 Å². The summed E-state index contributed by atoms with van der Waals surface area (Å²) < 4.78 is 44.1. The fourth-order valence-electron chi connectivity index (χ4n) is 4.43. The normalized spacial score (nSPS) is 17.7. The van der Waals surface area contributed by atoms with Gasteiger partial charge in [0.15, 0.2) is 10.9 Å². The summed E-state index contributed by atoms with van der Waals surface area (Å²) in [6.07, 6.45) is 0.0421. The molecule has 0 atom stereocenters. The molecule has 0 spiro atoms. The number of hydrogen-bond donors (Lipinski definition) is 2. The predicted octanol–water partition coefficient (Wildman–Crippen LogP) is 5.07. The maximum Gasteiger partial charge on any atom is 0.491 e. The molecule has 2 aliphatic rings. The number of pyridine rings is 1. The van der Waals surface area contributed by atoms with Crippen molar-refractivity contribution in [3.63, 3.8) is 0 Å². The van der Waals surface area contributed by atoms with Gasteiger partial charge in [-0.1, -0.05) is 23.7 Å². The number of fused-ring (bicyclic) bond motifs is 1. The van der Waals surface area contributed by atoms with Crippen molar-refractivity contribution in [2.45, 2.75) is 19.0 Å². The molecule has 1 aromatic heterocycles. The van der Waals surface area contributed by atoms with Crippen LogP contribution in [-0.2, 0) is 9.59 Å². The maximum absolute atomic E-state index is 13.2. The van der Waals surface area contributed by atoms with E-state index >= 15 is 0 Å². The molecule has 2 fully saturated rings. The van der Waals surface area contributed by atoms with Crippen molar-refractivity contribution in [1.82, 2.24) is 20.5 Å². The number of carbonyl (C=O) groups is 3. The van der Waals surface area contributed by atoms with Crippen molar-refractivity contribution in [1.29, 1.82) is 0 Å². The molecule has 9 nitrogen and oxygen atoms in total. The second-order valence-corrected chi connectivity index (χ2v) is 10.8. The van der Waals surface area contributed by atoms with Gasteiger partial charge in [-0.25, -0.2) is 9.79 Å². The first kappa shape index (κ1) is 29.5. The molecule has 2 saturated heterocycles. The second kappa shape index (κ2) is 12.5. The van der Waals surface area contributed by atoms with Crippen LogP contribution in [0.2, 0.25) is 5.02 Å².